The minimum Gasteiger partial charge on any atom is -0.481 e. The maximum Gasteiger partial charge on any atom is 0.306 e. The highest BCUT2D eigenvalue weighted by Crippen LogP contribution is 2.45. The average molecular weight is 585 g/mol. The molecule has 2 aliphatic heterocycles. The van der Waals surface area contributed by atoms with Gasteiger partial charge in [-0.15, -0.1) is 0 Å². The van der Waals surface area contributed by atoms with Crippen molar-refractivity contribution in [1.29, 1.82) is 0 Å². The van der Waals surface area contributed by atoms with Crippen molar-refractivity contribution in [3.05, 3.63) is 69.7 Å². The minimum absolute atomic E-state index is 0.244. The van der Waals surface area contributed by atoms with Crippen LogP contribution in [0.25, 0.3) is 0 Å². The Bertz CT molecular complexity index is 1250. The van der Waals surface area contributed by atoms with Crippen molar-refractivity contribution in [2.45, 2.75) is 62.1 Å². The first-order valence-corrected chi connectivity index (χ1v) is 15.1. The summed E-state index contributed by atoms with van der Waals surface area (Å²) in [7, 11) is -3.58. The third-order valence-electron chi connectivity index (χ3n) is 7.14. The van der Waals surface area contributed by atoms with Crippen molar-refractivity contribution in [3.63, 3.8) is 0 Å². The van der Waals surface area contributed by atoms with Gasteiger partial charge in [-0.05, 0) is 54.7 Å². The van der Waals surface area contributed by atoms with E-state index in [0.717, 1.165) is 0 Å². The molecule has 38 heavy (non-hydrogen) atoms. The lowest BCUT2D eigenvalue weighted by atomic mass is 9.89. The number of carbonyl (C=O) groups is 2. The van der Waals surface area contributed by atoms with E-state index in [2.05, 4.69) is 0 Å². The molecule has 206 valence electrons. The van der Waals surface area contributed by atoms with Crippen LogP contribution < -0.4 is 0 Å². The molecule has 1 N–H and O–H groups in total. The highest BCUT2D eigenvalue weighted by molar-refractivity contribution is 7.92. The summed E-state index contributed by atoms with van der Waals surface area (Å²) in [5, 5.41) is 9.95. The topological polar surface area (TPSA) is 110 Å². The number of morpholine rings is 1. The molecule has 2 aliphatic rings. The lowest BCUT2D eigenvalue weighted by Crippen LogP contribution is -2.57. The fraction of sp³-hybridized carbons (Fsp3) is 0.481. The molecule has 4 rings (SSSR count). The van der Waals surface area contributed by atoms with E-state index in [9.17, 15) is 23.1 Å². The number of hydrogen-bond donors (Lipinski definition) is 1. The molecular formula is C27H31Cl2NO7S. The molecule has 0 aliphatic carbocycles. The zero-order chi connectivity index (χ0) is 27.4. The zero-order valence-corrected chi connectivity index (χ0v) is 23.3. The van der Waals surface area contributed by atoms with Gasteiger partial charge in [0.25, 0.3) is 5.91 Å². The Labute approximate surface area is 232 Å². The number of hydrogen-bond acceptors (Lipinski definition) is 6. The van der Waals surface area contributed by atoms with Gasteiger partial charge in [-0.2, -0.15) is 0 Å². The van der Waals surface area contributed by atoms with Gasteiger partial charge in [0.1, 0.15) is 12.2 Å². The predicted octanol–water partition coefficient (Wildman–Crippen LogP) is 4.85. The number of carboxylic acids is 1. The van der Waals surface area contributed by atoms with Crippen LogP contribution in [0.15, 0.2) is 48.5 Å². The molecule has 2 aromatic rings. The number of sulfone groups is 1. The largest absolute Gasteiger partial charge is 0.481 e. The molecule has 0 radical (unpaired) electrons. The average Bonchev–Trinajstić information content (AvgIpc) is 2.89. The Morgan fingerprint density at radius 3 is 2.37 bits per heavy atom. The number of benzene rings is 2. The third kappa shape index (κ3) is 6.51. The van der Waals surface area contributed by atoms with Crippen LogP contribution in [-0.2, 0) is 28.9 Å². The Morgan fingerprint density at radius 1 is 1.08 bits per heavy atom. The number of amides is 1. The van der Waals surface area contributed by atoms with Crippen molar-refractivity contribution >= 4 is 44.9 Å². The first kappa shape index (κ1) is 28.8. The molecule has 1 amide bonds. The van der Waals surface area contributed by atoms with E-state index in [-0.39, 0.29) is 5.75 Å². The number of halogens is 2. The molecule has 0 bridgehead atoms. The number of aliphatic carboxylic acids is 1. The van der Waals surface area contributed by atoms with Crippen molar-refractivity contribution < 1.29 is 32.6 Å². The lowest BCUT2D eigenvalue weighted by molar-refractivity contribution is -0.182. The van der Waals surface area contributed by atoms with E-state index in [4.69, 9.17) is 32.7 Å². The molecule has 2 aromatic carbocycles. The normalized spacial score (nSPS) is 23.8. The number of nitrogens with zero attached hydrogens (tertiary/aromatic N) is 1. The van der Waals surface area contributed by atoms with E-state index in [1.54, 1.807) is 48.5 Å². The van der Waals surface area contributed by atoms with Crippen LogP contribution in [0, 0.1) is 0 Å². The van der Waals surface area contributed by atoms with Crippen LogP contribution in [0.4, 0.5) is 0 Å². The SMILES string of the molecule is CC[C@@H](CS(=O)(=O)C1CCOCC1)N1C(=O)[C@H](CC(=O)O)OC(c2cccc(Cl)c2)C1c1ccc(Cl)cc1. The summed E-state index contributed by atoms with van der Waals surface area (Å²) in [6.07, 6.45) is -1.48. The first-order valence-electron chi connectivity index (χ1n) is 12.6. The lowest BCUT2D eigenvalue weighted by Gasteiger charge is -2.48. The van der Waals surface area contributed by atoms with Crippen molar-refractivity contribution in [3.8, 4) is 0 Å². The number of rotatable bonds is 9. The summed E-state index contributed by atoms with van der Waals surface area (Å²) in [6, 6.07) is 12.4. The van der Waals surface area contributed by atoms with Gasteiger partial charge in [-0.1, -0.05) is 54.4 Å². The number of ether oxygens (including phenoxy) is 2. The van der Waals surface area contributed by atoms with Crippen LogP contribution >= 0.6 is 23.2 Å². The van der Waals surface area contributed by atoms with Crippen molar-refractivity contribution in [2.24, 2.45) is 0 Å². The predicted molar refractivity (Wildman–Crippen MR) is 144 cm³/mol. The number of carboxylic acid groups (broad SMARTS) is 1. The van der Waals surface area contributed by atoms with E-state index >= 15 is 0 Å². The van der Waals surface area contributed by atoms with Crippen LogP contribution in [0.2, 0.25) is 10.0 Å². The van der Waals surface area contributed by atoms with Gasteiger partial charge in [0.15, 0.2) is 9.84 Å². The zero-order valence-electron chi connectivity index (χ0n) is 21.0. The van der Waals surface area contributed by atoms with Crippen LogP contribution in [0.1, 0.15) is 55.9 Å². The quantitative estimate of drug-likeness (QED) is 0.449. The molecular weight excluding hydrogens is 553 g/mol. The molecule has 8 nitrogen and oxygen atoms in total. The maximum absolute atomic E-state index is 13.9. The highest BCUT2D eigenvalue weighted by Gasteiger charge is 2.48. The van der Waals surface area contributed by atoms with Crippen LogP contribution in [0.5, 0.6) is 0 Å². The molecule has 2 saturated heterocycles. The maximum atomic E-state index is 13.9. The summed E-state index contributed by atoms with van der Waals surface area (Å²) in [5.41, 5.74) is 1.33. The second-order valence-corrected chi connectivity index (χ2v) is 12.8. The molecule has 4 atom stereocenters. The Hall–Kier alpha value is -2.17. The first-order chi connectivity index (χ1) is 18.1. The Balaban J connectivity index is 1.81. The van der Waals surface area contributed by atoms with Gasteiger partial charge < -0.3 is 19.5 Å². The Kier molecular flexibility index (Phi) is 9.36. The molecule has 0 spiro atoms. The second-order valence-electron chi connectivity index (χ2n) is 9.64. The third-order valence-corrected chi connectivity index (χ3v) is 9.97. The van der Waals surface area contributed by atoms with Crippen LogP contribution in [0.3, 0.4) is 0 Å². The molecule has 0 aromatic heterocycles. The minimum atomic E-state index is -3.58. The summed E-state index contributed by atoms with van der Waals surface area (Å²) in [6.45, 7) is 2.58. The smallest absolute Gasteiger partial charge is 0.306 e. The fourth-order valence-corrected chi connectivity index (χ4v) is 7.67. The summed E-state index contributed by atoms with van der Waals surface area (Å²) >= 11 is 12.4. The standard InChI is InChI=1S/C27H31Cl2NO7S/c1-2-21(16-38(34,35)22-10-12-36-13-11-22)30-25(17-6-8-19(28)9-7-17)26(18-4-3-5-20(29)14-18)37-23(27(30)33)15-24(31)32/h3-9,14,21-23,25-26H,2,10-13,15-16H2,1H3,(H,31,32)/t21-,23-,25?,26?/m0/s1. The molecule has 2 heterocycles. The summed E-state index contributed by atoms with van der Waals surface area (Å²) < 4.78 is 38.5. The van der Waals surface area contributed by atoms with Crippen molar-refractivity contribution in [1.82, 2.24) is 4.90 Å². The molecule has 0 saturated carbocycles. The Morgan fingerprint density at radius 2 is 1.76 bits per heavy atom. The van der Waals surface area contributed by atoms with E-state index in [0.29, 0.717) is 53.6 Å². The summed E-state index contributed by atoms with van der Waals surface area (Å²) in [5.74, 6) is -1.99. The highest BCUT2D eigenvalue weighted by atomic mass is 35.5. The van der Waals surface area contributed by atoms with Gasteiger partial charge in [0.05, 0.1) is 23.5 Å². The van der Waals surface area contributed by atoms with E-state index in [1.807, 2.05) is 6.92 Å². The van der Waals surface area contributed by atoms with Gasteiger partial charge in [0.2, 0.25) is 0 Å². The van der Waals surface area contributed by atoms with Gasteiger partial charge in [0, 0.05) is 29.3 Å². The van der Waals surface area contributed by atoms with Gasteiger partial charge in [-0.25, -0.2) is 8.42 Å². The second kappa shape index (κ2) is 12.3. The monoisotopic (exact) mass is 583 g/mol. The van der Waals surface area contributed by atoms with Crippen molar-refractivity contribution in [2.75, 3.05) is 19.0 Å². The molecule has 11 heteroatoms. The fourth-order valence-electron chi connectivity index (χ4n) is 5.23. The molecule has 2 fully saturated rings. The van der Waals surface area contributed by atoms with Crippen LogP contribution in [-0.4, -0.2) is 66.7 Å². The number of carbonyl (C=O) groups excluding carboxylic acids is 1. The van der Waals surface area contributed by atoms with Gasteiger partial charge >= 0.3 is 5.97 Å². The molecule has 2 unspecified atom stereocenters. The summed E-state index contributed by atoms with van der Waals surface area (Å²) in [4.78, 5) is 27.1. The van der Waals surface area contributed by atoms with E-state index < -0.39 is 57.7 Å². The van der Waals surface area contributed by atoms with E-state index in [1.165, 1.54) is 4.90 Å². The van der Waals surface area contributed by atoms with Gasteiger partial charge in [-0.3, -0.25) is 9.59 Å².